The topological polar surface area (TPSA) is 177 Å². The first-order valence-corrected chi connectivity index (χ1v) is 20.0. The molecule has 0 spiro atoms. The summed E-state index contributed by atoms with van der Waals surface area (Å²) < 4.78 is 0. The van der Waals surface area contributed by atoms with E-state index in [0.717, 1.165) is 66.8 Å². The summed E-state index contributed by atoms with van der Waals surface area (Å²) in [5, 5.41) is 71.7. The van der Waals surface area contributed by atoms with Gasteiger partial charge in [0.25, 0.3) is 0 Å². The number of rotatable bonds is 0. The predicted octanol–water partition coefficient (Wildman–Crippen LogP) is 3.57. The first kappa shape index (κ1) is 42.9. The lowest BCUT2D eigenvalue weighted by Crippen LogP contribution is -2.28. The van der Waals surface area contributed by atoms with Crippen molar-refractivity contribution in [3.63, 3.8) is 0 Å². The van der Waals surface area contributed by atoms with Crippen molar-refractivity contribution >= 4 is 0 Å². The van der Waals surface area contributed by atoms with Crippen LogP contribution in [0.1, 0.15) is 66.8 Å². The summed E-state index contributed by atoms with van der Waals surface area (Å²) in [5.41, 5.74) is 11.3. The molecule has 0 aliphatic carbocycles. The maximum atomic E-state index is 11.1. The van der Waals surface area contributed by atoms with E-state index < -0.39 is 0 Å². The monoisotopic (exact) mass is 769 g/mol. The zero-order valence-corrected chi connectivity index (χ0v) is 33.7. The molecule has 0 aromatic heterocycles. The van der Waals surface area contributed by atoms with Gasteiger partial charge in [0, 0.05) is 149 Å². The van der Waals surface area contributed by atoms with Crippen LogP contribution in [0.25, 0.3) is 0 Å². The molecule has 304 valence electrons. The molecule has 1 aliphatic rings. The average Bonchev–Trinajstić information content (AvgIpc) is 3.16. The lowest BCUT2D eigenvalue weighted by atomic mass is 10.0. The number of hydrogen-bond acceptors (Lipinski definition) is 12. The van der Waals surface area contributed by atoms with Gasteiger partial charge in [0.05, 0.1) is 0 Å². The highest BCUT2D eigenvalue weighted by Gasteiger charge is 2.13. The molecule has 4 aromatic rings. The third-order valence-corrected chi connectivity index (χ3v) is 10.1. The number of hydrogen-bond donors (Lipinski definition) is 12. The van der Waals surface area contributed by atoms with Crippen LogP contribution in [0.4, 0.5) is 0 Å². The minimum atomic E-state index is 0.312. The van der Waals surface area contributed by atoms with E-state index >= 15 is 0 Å². The van der Waals surface area contributed by atoms with E-state index in [-0.39, 0.29) is 0 Å². The summed E-state index contributed by atoms with van der Waals surface area (Å²) in [6, 6.07) is 16.2. The molecule has 8 bridgehead atoms. The number of fused-ring (bicyclic) bond motifs is 8. The van der Waals surface area contributed by atoms with Gasteiger partial charge >= 0.3 is 0 Å². The van der Waals surface area contributed by atoms with Gasteiger partial charge in [-0.05, 0) is 27.7 Å². The summed E-state index contributed by atoms with van der Waals surface area (Å²) in [6.45, 7) is 18.2. The summed E-state index contributed by atoms with van der Waals surface area (Å²) >= 11 is 0. The smallest absolute Gasteiger partial charge is 0.124 e. The first-order chi connectivity index (χ1) is 27.1. The highest BCUT2D eigenvalue weighted by atomic mass is 16.3. The zero-order chi connectivity index (χ0) is 39.9. The molecule has 4 aromatic carbocycles. The summed E-state index contributed by atoms with van der Waals surface area (Å²) in [6.07, 6.45) is 0. The highest BCUT2D eigenvalue weighted by Crippen LogP contribution is 2.27. The molecular formula is C44H64N8O4. The first-order valence-electron chi connectivity index (χ1n) is 20.0. The Bertz CT molecular complexity index is 1500. The van der Waals surface area contributed by atoms with Crippen LogP contribution in [-0.4, -0.2) is 72.8 Å². The third-order valence-electron chi connectivity index (χ3n) is 10.1. The van der Waals surface area contributed by atoms with Crippen LogP contribution in [-0.2, 0) is 52.4 Å². The Morgan fingerprint density at radius 2 is 0.393 bits per heavy atom. The van der Waals surface area contributed by atoms with E-state index in [0.29, 0.717) is 128 Å². The van der Waals surface area contributed by atoms with Gasteiger partial charge in [-0.15, -0.1) is 0 Å². The van der Waals surface area contributed by atoms with Crippen LogP contribution in [0.3, 0.4) is 0 Å². The Balaban J connectivity index is 1.21. The SMILES string of the molecule is Cc1cc2c(O)c(c1)CNCCNCc1cc(C)cc(c1O)CNCCNCc1cc(C)cc(c1O)CNCCNCc1cc(C)cc(c1O)CNCCNC2. The van der Waals surface area contributed by atoms with Crippen molar-refractivity contribution in [3.8, 4) is 23.0 Å². The van der Waals surface area contributed by atoms with Crippen molar-refractivity contribution < 1.29 is 20.4 Å². The van der Waals surface area contributed by atoms with Gasteiger partial charge in [-0.3, -0.25) is 0 Å². The van der Waals surface area contributed by atoms with Gasteiger partial charge < -0.3 is 63.0 Å². The van der Waals surface area contributed by atoms with Gasteiger partial charge in [-0.1, -0.05) is 70.8 Å². The zero-order valence-electron chi connectivity index (χ0n) is 33.7. The molecule has 0 atom stereocenters. The summed E-state index contributed by atoms with van der Waals surface area (Å²) in [5.74, 6) is 1.25. The molecule has 12 N–H and O–H groups in total. The molecular weight excluding hydrogens is 705 g/mol. The maximum absolute atomic E-state index is 11.1. The standard InChI is InChI=1S/C44H64N8O4/c1-29-13-33-21-45-5-7-47-23-35-15-30(2)17-37(42(35)54)25-49-9-11-51-27-39-19-32(4)20-40(44(39)56)28-52-12-10-50-26-38-18-31(3)16-36(43(38)55)24-48-8-6-46-22-34(14-29)41(33)53/h13-20,45-56H,5-12,21-28H2,1-4H3. The Kier molecular flexibility index (Phi) is 16.8. The normalized spacial score (nSPS) is 16.9. The Labute approximate surface area is 332 Å². The van der Waals surface area contributed by atoms with Crippen molar-refractivity contribution in [1.82, 2.24) is 42.5 Å². The van der Waals surface area contributed by atoms with E-state index in [9.17, 15) is 20.4 Å². The second kappa shape index (κ2) is 21.9. The largest absolute Gasteiger partial charge is 0.507 e. The summed E-state index contributed by atoms with van der Waals surface area (Å²) in [7, 11) is 0. The second-order valence-corrected chi connectivity index (χ2v) is 15.1. The number of phenolic OH excluding ortho intramolecular Hbond substituents is 4. The van der Waals surface area contributed by atoms with Gasteiger partial charge in [0.15, 0.2) is 0 Å². The molecule has 0 fully saturated rings. The van der Waals surface area contributed by atoms with Gasteiger partial charge in [-0.25, -0.2) is 0 Å². The van der Waals surface area contributed by atoms with Crippen LogP contribution in [0.2, 0.25) is 0 Å². The van der Waals surface area contributed by atoms with Crippen LogP contribution >= 0.6 is 0 Å². The molecule has 12 nitrogen and oxygen atoms in total. The number of nitrogens with one attached hydrogen (secondary N) is 8. The van der Waals surface area contributed by atoms with Crippen molar-refractivity contribution in [2.45, 2.75) is 80.1 Å². The molecule has 0 saturated heterocycles. The van der Waals surface area contributed by atoms with Crippen molar-refractivity contribution in [2.75, 3.05) is 52.4 Å². The fourth-order valence-corrected chi connectivity index (χ4v) is 7.31. The van der Waals surface area contributed by atoms with Crippen LogP contribution in [0.15, 0.2) is 48.5 Å². The van der Waals surface area contributed by atoms with E-state index in [4.69, 9.17) is 0 Å². The molecule has 12 heteroatoms. The highest BCUT2D eigenvalue weighted by molar-refractivity contribution is 5.46. The summed E-state index contributed by atoms with van der Waals surface area (Å²) in [4.78, 5) is 0. The maximum Gasteiger partial charge on any atom is 0.124 e. The second-order valence-electron chi connectivity index (χ2n) is 15.1. The van der Waals surface area contributed by atoms with Crippen LogP contribution < -0.4 is 42.5 Å². The Morgan fingerprint density at radius 3 is 0.518 bits per heavy atom. The van der Waals surface area contributed by atoms with Crippen molar-refractivity contribution in [1.29, 1.82) is 0 Å². The molecule has 0 saturated carbocycles. The van der Waals surface area contributed by atoms with Crippen molar-refractivity contribution in [3.05, 3.63) is 115 Å². The molecule has 5 rings (SSSR count). The molecule has 0 amide bonds. The van der Waals surface area contributed by atoms with Crippen LogP contribution in [0, 0.1) is 27.7 Å². The predicted molar refractivity (Wildman–Crippen MR) is 225 cm³/mol. The Morgan fingerprint density at radius 1 is 0.268 bits per heavy atom. The fourth-order valence-electron chi connectivity index (χ4n) is 7.31. The van der Waals surface area contributed by atoms with Crippen LogP contribution in [0.5, 0.6) is 23.0 Å². The molecule has 0 unspecified atom stereocenters. The van der Waals surface area contributed by atoms with E-state index in [1.165, 1.54) is 0 Å². The number of benzene rings is 4. The lowest BCUT2D eigenvalue weighted by molar-refractivity contribution is 0.447. The lowest BCUT2D eigenvalue weighted by Gasteiger charge is -2.16. The minimum absolute atomic E-state index is 0.312. The third kappa shape index (κ3) is 12.9. The number of aromatic hydroxyl groups is 4. The average molecular weight is 769 g/mol. The van der Waals surface area contributed by atoms with Gasteiger partial charge in [0.1, 0.15) is 23.0 Å². The van der Waals surface area contributed by atoms with E-state index in [1.54, 1.807) is 0 Å². The van der Waals surface area contributed by atoms with Crippen molar-refractivity contribution in [2.24, 2.45) is 0 Å². The number of phenols is 4. The molecule has 1 aliphatic heterocycles. The quantitative estimate of drug-likeness (QED) is 0.126. The minimum Gasteiger partial charge on any atom is -0.507 e. The molecule has 0 radical (unpaired) electrons. The van der Waals surface area contributed by atoms with Gasteiger partial charge in [-0.2, -0.15) is 0 Å². The molecule has 56 heavy (non-hydrogen) atoms. The van der Waals surface area contributed by atoms with Gasteiger partial charge in [0.2, 0.25) is 0 Å². The molecule has 1 heterocycles. The fraction of sp³-hybridized carbons (Fsp3) is 0.455. The van der Waals surface area contributed by atoms with E-state index in [1.807, 2.05) is 76.2 Å². The van der Waals surface area contributed by atoms with E-state index in [2.05, 4.69) is 42.5 Å². The Hall–Kier alpha value is -4.24. The number of aryl methyl sites for hydroxylation is 4.